The fourth-order valence-electron chi connectivity index (χ4n) is 3.97. The molecular weight excluding hydrogens is 340 g/mol. The number of hydrogen-bond acceptors (Lipinski definition) is 5. The first-order chi connectivity index (χ1) is 13.2. The van der Waals surface area contributed by atoms with Gasteiger partial charge in [-0.2, -0.15) is 5.26 Å². The zero-order chi connectivity index (χ0) is 18.8. The molecule has 0 spiro atoms. The minimum atomic E-state index is 0.0210. The van der Waals surface area contributed by atoms with Crippen LogP contribution in [0.1, 0.15) is 25.5 Å². The number of nitrogens with zero attached hydrogens (tertiary/aromatic N) is 6. The second-order valence-corrected chi connectivity index (χ2v) is 6.90. The summed E-state index contributed by atoms with van der Waals surface area (Å²) in [5.74, 6) is 0.416. The van der Waals surface area contributed by atoms with Gasteiger partial charge in [-0.25, -0.2) is 14.8 Å². The van der Waals surface area contributed by atoms with Crippen molar-refractivity contribution in [2.75, 3.05) is 18.0 Å². The third-order valence-corrected chi connectivity index (χ3v) is 5.38. The van der Waals surface area contributed by atoms with Crippen LogP contribution >= 0.6 is 0 Å². The summed E-state index contributed by atoms with van der Waals surface area (Å²) in [7, 11) is 0. The number of aryl methyl sites for hydroxylation is 1. The molecule has 0 radical (unpaired) electrons. The van der Waals surface area contributed by atoms with Crippen LogP contribution in [0.15, 0.2) is 41.5 Å². The van der Waals surface area contributed by atoms with E-state index in [2.05, 4.69) is 20.9 Å². The van der Waals surface area contributed by atoms with Gasteiger partial charge in [-0.3, -0.25) is 9.13 Å². The Labute approximate surface area is 157 Å². The van der Waals surface area contributed by atoms with Crippen LogP contribution in [0.3, 0.4) is 0 Å². The Kier molecular flexibility index (Phi) is 4.63. The van der Waals surface area contributed by atoms with Gasteiger partial charge in [0.05, 0.1) is 11.2 Å². The van der Waals surface area contributed by atoms with E-state index in [1.165, 1.54) is 0 Å². The average molecular weight is 362 g/mol. The Morgan fingerprint density at radius 2 is 1.89 bits per heavy atom. The summed E-state index contributed by atoms with van der Waals surface area (Å²) in [6.45, 7) is 5.03. The Morgan fingerprint density at radius 1 is 1.15 bits per heavy atom. The molecule has 0 N–H and O–H groups in total. The predicted molar refractivity (Wildman–Crippen MR) is 104 cm³/mol. The molecule has 4 heterocycles. The first-order valence-corrected chi connectivity index (χ1v) is 9.37. The molecule has 3 aromatic heterocycles. The molecule has 1 fully saturated rings. The highest BCUT2D eigenvalue weighted by Crippen LogP contribution is 2.26. The lowest BCUT2D eigenvalue weighted by Gasteiger charge is -2.33. The van der Waals surface area contributed by atoms with Crippen LogP contribution in [-0.2, 0) is 13.1 Å². The summed E-state index contributed by atoms with van der Waals surface area (Å²) in [5.41, 5.74) is 3.07. The van der Waals surface area contributed by atoms with Gasteiger partial charge in [0, 0.05) is 38.6 Å². The summed E-state index contributed by atoms with van der Waals surface area (Å²) < 4.78 is 3.61. The maximum atomic E-state index is 12.8. The van der Waals surface area contributed by atoms with Crippen LogP contribution in [-0.4, -0.2) is 32.2 Å². The van der Waals surface area contributed by atoms with Crippen LogP contribution in [0.4, 0.5) is 5.69 Å². The number of hydrogen-bond donors (Lipinski definition) is 0. The molecule has 4 rings (SSSR count). The van der Waals surface area contributed by atoms with E-state index >= 15 is 0 Å². The van der Waals surface area contributed by atoms with Crippen molar-refractivity contribution in [1.82, 2.24) is 19.1 Å². The number of aromatic nitrogens is 4. The van der Waals surface area contributed by atoms with E-state index in [9.17, 15) is 10.1 Å². The zero-order valence-corrected chi connectivity index (χ0v) is 15.4. The molecule has 3 aromatic rings. The fraction of sp³-hybridized carbons (Fsp3) is 0.400. The molecular formula is C20H22N6O. The van der Waals surface area contributed by atoms with E-state index in [1.54, 1.807) is 17.0 Å². The summed E-state index contributed by atoms with van der Waals surface area (Å²) in [4.78, 5) is 23.6. The average Bonchev–Trinajstić information content (AvgIpc) is 2.99. The molecule has 0 saturated carbocycles. The highest BCUT2D eigenvalue weighted by atomic mass is 16.1. The van der Waals surface area contributed by atoms with E-state index in [0.717, 1.165) is 42.8 Å². The van der Waals surface area contributed by atoms with E-state index in [0.29, 0.717) is 24.7 Å². The van der Waals surface area contributed by atoms with Crippen LogP contribution in [0.5, 0.6) is 0 Å². The number of fused-ring (bicyclic) bond motifs is 1. The van der Waals surface area contributed by atoms with Gasteiger partial charge >= 0.3 is 5.69 Å². The third kappa shape index (κ3) is 3.08. The Morgan fingerprint density at radius 3 is 2.63 bits per heavy atom. The second kappa shape index (κ2) is 7.23. The van der Waals surface area contributed by atoms with Gasteiger partial charge in [0.1, 0.15) is 6.07 Å². The number of piperidine rings is 1. The Bertz CT molecular complexity index is 1050. The van der Waals surface area contributed by atoms with Crippen molar-refractivity contribution in [1.29, 1.82) is 5.26 Å². The number of rotatable bonds is 4. The zero-order valence-electron chi connectivity index (χ0n) is 15.4. The summed E-state index contributed by atoms with van der Waals surface area (Å²) in [6, 6.07) is 9.82. The van der Waals surface area contributed by atoms with Gasteiger partial charge in [0.15, 0.2) is 11.3 Å². The molecule has 7 nitrogen and oxygen atoms in total. The molecule has 27 heavy (non-hydrogen) atoms. The number of pyridine rings is 2. The molecule has 0 amide bonds. The summed E-state index contributed by atoms with van der Waals surface area (Å²) in [5, 5.41) is 9.27. The van der Waals surface area contributed by atoms with Crippen molar-refractivity contribution in [2.24, 2.45) is 5.92 Å². The van der Waals surface area contributed by atoms with E-state index < -0.39 is 0 Å². The molecule has 0 aromatic carbocycles. The van der Waals surface area contributed by atoms with Crippen molar-refractivity contribution in [2.45, 2.75) is 32.9 Å². The quantitative estimate of drug-likeness (QED) is 0.712. The molecule has 7 heteroatoms. The Balaban J connectivity index is 1.52. The third-order valence-electron chi connectivity index (χ3n) is 5.38. The van der Waals surface area contributed by atoms with Crippen LogP contribution < -0.4 is 10.6 Å². The molecule has 0 bridgehead atoms. The van der Waals surface area contributed by atoms with Gasteiger partial charge in [0.2, 0.25) is 0 Å². The van der Waals surface area contributed by atoms with Crippen LogP contribution in [0.25, 0.3) is 11.2 Å². The minimum absolute atomic E-state index is 0.0210. The second-order valence-electron chi connectivity index (χ2n) is 6.90. The van der Waals surface area contributed by atoms with E-state index in [4.69, 9.17) is 0 Å². The standard InChI is InChI=1S/C20H22N6O/c1-2-25-18-6-4-10-23-19(18)26(20(25)27)14-15-7-11-24(12-8-15)17-5-3-9-22-16(17)13-21/h3-6,9-10,15H,2,7-8,11-12,14H2,1H3. The highest BCUT2D eigenvalue weighted by Gasteiger charge is 2.24. The van der Waals surface area contributed by atoms with Crippen LogP contribution in [0, 0.1) is 17.2 Å². The van der Waals surface area contributed by atoms with Gasteiger partial charge < -0.3 is 4.90 Å². The summed E-state index contributed by atoms with van der Waals surface area (Å²) >= 11 is 0. The van der Waals surface area contributed by atoms with E-state index in [1.807, 2.05) is 35.8 Å². The number of nitriles is 1. The number of anilines is 1. The lowest BCUT2D eigenvalue weighted by atomic mass is 9.96. The summed E-state index contributed by atoms with van der Waals surface area (Å²) in [6.07, 6.45) is 5.33. The topological polar surface area (TPSA) is 79.7 Å². The molecule has 1 aliphatic rings. The first-order valence-electron chi connectivity index (χ1n) is 9.37. The van der Waals surface area contributed by atoms with Crippen LogP contribution in [0.2, 0.25) is 0 Å². The maximum absolute atomic E-state index is 12.8. The molecule has 0 atom stereocenters. The SMILES string of the molecule is CCn1c(=O)n(CC2CCN(c3cccnc3C#N)CC2)c2ncccc21. The van der Waals surface area contributed by atoms with Crippen molar-refractivity contribution in [3.63, 3.8) is 0 Å². The van der Waals surface area contributed by atoms with Gasteiger partial charge in [-0.15, -0.1) is 0 Å². The molecule has 0 aliphatic carbocycles. The van der Waals surface area contributed by atoms with Crippen molar-refractivity contribution in [3.05, 3.63) is 52.8 Å². The predicted octanol–water partition coefficient (Wildman–Crippen LogP) is 2.40. The smallest absolute Gasteiger partial charge is 0.330 e. The normalized spacial score (nSPS) is 15.2. The lowest BCUT2D eigenvalue weighted by molar-refractivity contribution is 0.354. The largest absolute Gasteiger partial charge is 0.369 e. The maximum Gasteiger partial charge on any atom is 0.330 e. The monoisotopic (exact) mass is 362 g/mol. The van der Waals surface area contributed by atoms with Crippen molar-refractivity contribution < 1.29 is 0 Å². The lowest BCUT2D eigenvalue weighted by Crippen LogP contribution is -2.37. The fourth-order valence-corrected chi connectivity index (χ4v) is 3.97. The van der Waals surface area contributed by atoms with E-state index in [-0.39, 0.29) is 5.69 Å². The Hall–Kier alpha value is -3.14. The highest BCUT2D eigenvalue weighted by molar-refractivity contribution is 5.71. The molecule has 1 saturated heterocycles. The van der Waals surface area contributed by atoms with Gasteiger partial charge in [-0.1, -0.05) is 0 Å². The first kappa shape index (κ1) is 17.3. The minimum Gasteiger partial charge on any atom is -0.369 e. The van der Waals surface area contributed by atoms with Crippen molar-refractivity contribution in [3.8, 4) is 6.07 Å². The van der Waals surface area contributed by atoms with Crippen molar-refractivity contribution >= 4 is 16.9 Å². The number of imidazole rings is 1. The van der Waals surface area contributed by atoms with Gasteiger partial charge in [0.25, 0.3) is 0 Å². The molecule has 0 unspecified atom stereocenters. The van der Waals surface area contributed by atoms with Gasteiger partial charge in [-0.05, 0) is 49.9 Å². The molecule has 1 aliphatic heterocycles. The molecule has 138 valence electrons.